The quantitative estimate of drug-likeness (QED) is 0.204. The molecule has 0 saturated carbocycles. The molecule has 2 rings (SSSR count). The first-order valence-electron chi connectivity index (χ1n) is 12.2. The van der Waals surface area contributed by atoms with Gasteiger partial charge in [0.2, 0.25) is 6.79 Å². The molecule has 0 amide bonds. The van der Waals surface area contributed by atoms with E-state index in [1.54, 1.807) is 0 Å². The highest BCUT2D eigenvalue weighted by molar-refractivity contribution is 5.40. The second-order valence-electron chi connectivity index (χ2n) is 8.39. The molecule has 0 aliphatic carbocycles. The maximum atomic E-state index is 6.08. The fourth-order valence-electron chi connectivity index (χ4n) is 3.96. The third-order valence-corrected chi connectivity index (χ3v) is 5.85. The zero-order chi connectivity index (χ0) is 21.4. The molecule has 0 aliphatic heterocycles. The van der Waals surface area contributed by atoms with Crippen LogP contribution in [0.2, 0.25) is 0 Å². The molecular formula is C28H42O2. The summed E-state index contributed by atoms with van der Waals surface area (Å²) < 4.78 is 12.1. The van der Waals surface area contributed by atoms with Crippen molar-refractivity contribution in [3.63, 3.8) is 0 Å². The average molecular weight is 411 g/mol. The minimum absolute atomic E-state index is 0.263. The third kappa shape index (κ3) is 8.81. The third-order valence-electron chi connectivity index (χ3n) is 5.85. The predicted octanol–water partition coefficient (Wildman–Crippen LogP) is 8.44. The van der Waals surface area contributed by atoms with E-state index in [0.717, 1.165) is 24.3 Å². The first-order valence-corrected chi connectivity index (χ1v) is 12.2. The van der Waals surface area contributed by atoms with Gasteiger partial charge < -0.3 is 9.47 Å². The van der Waals surface area contributed by atoms with E-state index in [-0.39, 0.29) is 6.79 Å². The topological polar surface area (TPSA) is 18.5 Å². The SMILES string of the molecule is CCCCCCCCc1ccccc1OCOc1cccc(C)c1CCCCCC. The van der Waals surface area contributed by atoms with Crippen LogP contribution in [0.4, 0.5) is 0 Å². The Morgan fingerprint density at radius 2 is 1.20 bits per heavy atom. The lowest BCUT2D eigenvalue weighted by Gasteiger charge is -2.16. The monoisotopic (exact) mass is 410 g/mol. The minimum Gasteiger partial charge on any atom is -0.457 e. The van der Waals surface area contributed by atoms with Crippen molar-refractivity contribution in [1.29, 1.82) is 0 Å². The number of unbranched alkanes of at least 4 members (excludes halogenated alkanes) is 8. The van der Waals surface area contributed by atoms with Gasteiger partial charge in [0, 0.05) is 0 Å². The van der Waals surface area contributed by atoms with Crippen LogP contribution in [-0.2, 0) is 12.8 Å². The summed E-state index contributed by atoms with van der Waals surface area (Å²) in [5.41, 5.74) is 3.94. The van der Waals surface area contributed by atoms with Gasteiger partial charge in [0.25, 0.3) is 0 Å². The lowest BCUT2D eigenvalue weighted by molar-refractivity contribution is 0.117. The number of rotatable bonds is 16. The number of benzene rings is 2. The van der Waals surface area contributed by atoms with Crippen LogP contribution in [0.1, 0.15) is 94.7 Å². The molecular weight excluding hydrogens is 368 g/mol. The number of hydrogen-bond donors (Lipinski definition) is 0. The highest BCUT2D eigenvalue weighted by Crippen LogP contribution is 2.26. The summed E-state index contributed by atoms with van der Waals surface area (Å²) in [7, 11) is 0. The van der Waals surface area contributed by atoms with Crippen LogP contribution in [0.5, 0.6) is 11.5 Å². The number of hydrogen-bond acceptors (Lipinski definition) is 2. The molecule has 0 N–H and O–H groups in total. The minimum atomic E-state index is 0.263. The van der Waals surface area contributed by atoms with Gasteiger partial charge in [-0.2, -0.15) is 0 Å². The van der Waals surface area contributed by atoms with Crippen LogP contribution in [0.3, 0.4) is 0 Å². The van der Waals surface area contributed by atoms with Gasteiger partial charge in [0.05, 0.1) is 0 Å². The van der Waals surface area contributed by atoms with Crippen LogP contribution < -0.4 is 9.47 Å². The standard InChI is InChI=1S/C28H42O2/c1-4-6-8-10-11-12-18-25-19-14-15-21-27(25)29-23-30-28-22-16-17-24(3)26(28)20-13-9-7-5-2/h14-17,19,21-22H,4-13,18,20,23H2,1-3H3. The Bertz CT molecular complexity index is 708. The first kappa shape index (κ1) is 24.3. The van der Waals surface area contributed by atoms with E-state index in [1.165, 1.54) is 80.9 Å². The molecule has 166 valence electrons. The van der Waals surface area contributed by atoms with E-state index in [0.29, 0.717) is 0 Å². The molecule has 2 aromatic carbocycles. The van der Waals surface area contributed by atoms with E-state index >= 15 is 0 Å². The van der Waals surface area contributed by atoms with Gasteiger partial charge in [0.15, 0.2) is 0 Å². The average Bonchev–Trinajstić information content (AvgIpc) is 2.76. The highest BCUT2D eigenvalue weighted by Gasteiger charge is 2.08. The van der Waals surface area contributed by atoms with Crippen LogP contribution in [-0.4, -0.2) is 6.79 Å². The van der Waals surface area contributed by atoms with Crippen molar-refractivity contribution < 1.29 is 9.47 Å². The Hall–Kier alpha value is -1.96. The van der Waals surface area contributed by atoms with Crippen molar-refractivity contribution in [1.82, 2.24) is 0 Å². The van der Waals surface area contributed by atoms with E-state index < -0.39 is 0 Å². The van der Waals surface area contributed by atoms with Gasteiger partial charge in [-0.3, -0.25) is 0 Å². The molecule has 2 nitrogen and oxygen atoms in total. The number of para-hydroxylation sites is 1. The van der Waals surface area contributed by atoms with Crippen LogP contribution in [0.25, 0.3) is 0 Å². The Morgan fingerprint density at radius 3 is 2.00 bits per heavy atom. The van der Waals surface area contributed by atoms with E-state index in [2.05, 4.69) is 57.2 Å². The Kier molecular flexibility index (Phi) is 12.1. The molecule has 2 heteroatoms. The van der Waals surface area contributed by atoms with Crippen LogP contribution >= 0.6 is 0 Å². The summed E-state index contributed by atoms with van der Waals surface area (Å²) in [6.07, 6.45) is 15.1. The van der Waals surface area contributed by atoms with Gasteiger partial charge in [-0.15, -0.1) is 0 Å². The van der Waals surface area contributed by atoms with Gasteiger partial charge >= 0.3 is 0 Å². The second-order valence-corrected chi connectivity index (χ2v) is 8.39. The van der Waals surface area contributed by atoms with Crippen LogP contribution in [0, 0.1) is 6.92 Å². The number of aryl methyl sites for hydroxylation is 2. The zero-order valence-corrected chi connectivity index (χ0v) is 19.6. The van der Waals surface area contributed by atoms with Crippen LogP contribution in [0.15, 0.2) is 42.5 Å². The highest BCUT2D eigenvalue weighted by atomic mass is 16.7. The molecule has 0 bridgehead atoms. The maximum absolute atomic E-state index is 6.08. The van der Waals surface area contributed by atoms with Crippen molar-refractivity contribution in [3.05, 3.63) is 59.2 Å². The Balaban J connectivity index is 1.84. The summed E-state index contributed by atoms with van der Waals surface area (Å²) in [5, 5.41) is 0. The molecule has 0 heterocycles. The van der Waals surface area contributed by atoms with Crippen molar-refractivity contribution in [3.8, 4) is 11.5 Å². The van der Waals surface area contributed by atoms with E-state index in [9.17, 15) is 0 Å². The number of ether oxygens (including phenoxy) is 2. The molecule has 0 radical (unpaired) electrons. The maximum Gasteiger partial charge on any atom is 0.230 e. The van der Waals surface area contributed by atoms with Crippen molar-refractivity contribution >= 4 is 0 Å². The molecule has 0 aliphatic rings. The molecule has 30 heavy (non-hydrogen) atoms. The molecule has 0 atom stereocenters. The summed E-state index contributed by atoms with van der Waals surface area (Å²) in [4.78, 5) is 0. The van der Waals surface area contributed by atoms with Crippen molar-refractivity contribution in [2.45, 2.75) is 97.8 Å². The fraction of sp³-hybridized carbons (Fsp3) is 0.571. The molecule has 0 spiro atoms. The molecule has 0 unspecified atom stereocenters. The summed E-state index contributed by atoms with van der Waals surface area (Å²) >= 11 is 0. The lowest BCUT2D eigenvalue weighted by Crippen LogP contribution is -2.09. The van der Waals surface area contributed by atoms with E-state index in [1.807, 2.05) is 6.07 Å². The first-order chi connectivity index (χ1) is 14.8. The largest absolute Gasteiger partial charge is 0.457 e. The van der Waals surface area contributed by atoms with Gasteiger partial charge in [0.1, 0.15) is 11.5 Å². The molecule has 2 aromatic rings. The Labute approximate surface area is 185 Å². The summed E-state index contributed by atoms with van der Waals surface area (Å²) in [6, 6.07) is 14.7. The van der Waals surface area contributed by atoms with Gasteiger partial charge in [-0.25, -0.2) is 0 Å². The van der Waals surface area contributed by atoms with Gasteiger partial charge in [-0.1, -0.05) is 95.5 Å². The predicted molar refractivity (Wildman–Crippen MR) is 129 cm³/mol. The smallest absolute Gasteiger partial charge is 0.230 e. The lowest BCUT2D eigenvalue weighted by atomic mass is 10.0. The normalized spacial score (nSPS) is 10.9. The summed E-state index contributed by atoms with van der Waals surface area (Å²) in [6.45, 7) is 6.96. The molecule has 0 fully saturated rings. The molecule has 0 saturated heterocycles. The van der Waals surface area contributed by atoms with Crippen molar-refractivity contribution in [2.75, 3.05) is 6.79 Å². The zero-order valence-electron chi connectivity index (χ0n) is 19.6. The van der Waals surface area contributed by atoms with Crippen molar-refractivity contribution in [2.24, 2.45) is 0 Å². The molecule has 0 aromatic heterocycles. The second kappa shape index (κ2) is 14.9. The van der Waals surface area contributed by atoms with E-state index in [4.69, 9.17) is 9.47 Å². The Morgan fingerprint density at radius 1 is 0.600 bits per heavy atom. The summed E-state index contributed by atoms with van der Waals surface area (Å²) in [5.74, 6) is 1.93. The van der Waals surface area contributed by atoms with Gasteiger partial charge in [-0.05, 0) is 61.4 Å². The fourth-order valence-corrected chi connectivity index (χ4v) is 3.96.